The summed E-state index contributed by atoms with van der Waals surface area (Å²) in [5.41, 5.74) is 2.47. The van der Waals surface area contributed by atoms with Crippen LogP contribution >= 0.6 is 0 Å². The lowest BCUT2D eigenvalue weighted by Crippen LogP contribution is -2.43. The van der Waals surface area contributed by atoms with Gasteiger partial charge < -0.3 is 25.4 Å². The van der Waals surface area contributed by atoms with E-state index in [-0.39, 0.29) is 10.8 Å². The molecule has 226 valence electrons. The van der Waals surface area contributed by atoms with E-state index in [1.165, 1.54) is 12.1 Å². The molecule has 1 aliphatic heterocycles. The van der Waals surface area contributed by atoms with Gasteiger partial charge in [-0.1, -0.05) is 30.3 Å². The first kappa shape index (κ1) is 32.2. The van der Waals surface area contributed by atoms with Gasteiger partial charge in [-0.25, -0.2) is 13.2 Å². The number of benzene rings is 3. The maximum absolute atomic E-state index is 13.2. The molecule has 0 saturated carbocycles. The first-order chi connectivity index (χ1) is 19.9. The number of alkyl halides is 3. The molecule has 3 aromatic rings. The minimum atomic E-state index is -5.08. The highest BCUT2D eigenvalue weighted by atomic mass is 32.2. The zero-order valence-electron chi connectivity index (χ0n) is 22.6. The number of sulfonamides is 1. The van der Waals surface area contributed by atoms with E-state index >= 15 is 0 Å². The number of carbonyl (C=O) groups excluding carboxylic acids is 1. The van der Waals surface area contributed by atoms with E-state index in [1.807, 2.05) is 37.3 Å². The molecule has 3 aromatic carbocycles. The Kier molecular flexibility index (Phi) is 11.2. The number of hydrogen-bond acceptors (Lipinski definition) is 7. The molecule has 1 heterocycles. The van der Waals surface area contributed by atoms with Crippen LogP contribution in [0.4, 0.5) is 24.5 Å². The second-order valence-electron chi connectivity index (χ2n) is 8.95. The second-order valence-corrected chi connectivity index (χ2v) is 10.6. The Balaban J connectivity index is 0.000000616. The van der Waals surface area contributed by atoms with Crippen molar-refractivity contribution in [1.29, 1.82) is 0 Å². The first-order valence-corrected chi connectivity index (χ1v) is 14.4. The Bertz CT molecular complexity index is 1450. The van der Waals surface area contributed by atoms with Crippen LogP contribution in [0.3, 0.4) is 0 Å². The molecule has 1 fully saturated rings. The Labute approximate surface area is 241 Å². The molecule has 14 heteroatoms. The van der Waals surface area contributed by atoms with Gasteiger partial charge >= 0.3 is 12.1 Å². The molecular weight excluding hydrogens is 577 g/mol. The maximum atomic E-state index is 13.2. The van der Waals surface area contributed by atoms with Crippen LogP contribution in [0.15, 0.2) is 77.7 Å². The van der Waals surface area contributed by atoms with Gasteiger partial charge in [-0.05, 0) is 55.0 Å². The fourth-order valence-electron chi connectivity index (χ4n) is 3.91. The van der Waals surface area contributed by atoms with Crippen LogP contribution in [0.2, 0.25) is 0 Å². The van der Waals surface area contributed by atoms with Gasteiger partial charge in [0.15, 0.2) is 0 Å². The lowest BCUT2D eigenvalue weighted by Gasteiger charge is -2.31. The third kappa shape index (κ3) is 9.38. The number of hydrogen-bond donors (Lipinski definition) is 4. The van der Waals surface area contributed by atoms with Crippen molar-refractivity contribution in [3.05, 3.63) is 83.9 Å². The molecule has 1 saturated heterocycles. The second kappa shape index (κ2) is 14.5. The van der Waals surface area contributed by atoms with E-state index in [9.17, 15) is 26.4 Å². The predicted molar refractivity (Wildman–Crippen MR) is 151 cm³/mol. The van der Waals surface area contributed by atoms with Crippen LogP contribution in [0.25, 0.3) is 0 Å². The Morgan fingerprint density at radius 3 is 2.19 bits per heavy atom. The van der Waals surface area contributed by atoms with Crippen molar-refractivity contribution in [2.75, 3.05) is 42.4 Å². The van der Waals surface area contributed by atoms with Crippen molar-refractivity contribution in [1.82, 2.24) is 10.6 Å². The molecule has 0 aromatic heterocycles. The zero-order chi connectivity index (χ0) is 30.8. The van der Waals surface area contributed by atoms with Crippen molar-refractivity contribution in [2.24, 2.45) is 0 Å². The molecule has 0 atom stereocenters. The molecule has 4 rings (SSSR count). The molecule has 1 amide bonds. The number of carboxylic acid groups (broad SMARTS) is 1. The van der Waals surface area contributed by atoms with Crippen molar-refractivity contribution in [2.45, 2.75) is 24.5 Å². The summed E-state index contributed by atoms with van der Waals surface area (Å²) >= 11 is 0. The van der Waals surface area contributed by atoms with E-state index in [2.05, 4.69) is 20.3 Å². The number of piperazine rings is 1. The molecule has 0 unspecified atom stereocenters. The molecule has 4 N–H and O–H groups in total. The zero-order valence-corrected chi connectivity index (χ0v) is 23.5. The van der Waals surface area contributed by atoms with Crippen LogP contribution in [-0.2, 0) is 21.4 Å². The minimum absolute atomic E-state index is 0.117. The van der Waals surface area contributed by atoms with Crippen molar-refractivity contribution < 1.29 is 41.0 Å². The monoisotopic (exact) mass is 608 g/mol. The van der Waals surface area contributed by atoms with Gasteiger partial charge in [0.1, 0.15) is 5.75 Å². The van der Waals surface area contributed by atoms with Crippen LogP contribution < -0.4 is 25.0 Å². The number of nitrogens with one attached hydrogen (secondary N) is 3. The Morgan fingerprint density at radius 2 is 1.62 bits per heavy atom. The number of nitrogens with zero attached hydrogens (tertiary/aromatic N) is 1. The maximum Gasteiger partial charge on any atom is 0.490 e. The molecule has 0 bridgehead atoms. The highest BCUT2D eigenvalue weighted by Gasteiger charge is 2.38. The average Bonchev–Trinajstić information content (AvgIpc) is 2.97. The summed E-state index contributed by atoms with van der Waals surface area (Å²) in [6.45, 7) is 5.81. The van der Waals surface area contributed by atoms with E-state index in [0.717, 1.165) is 37.4 Å². The molecule has 0 spiro atoms. The van der Waals surface area contributed by atoms with E-state index in [4.69, 9.17) is 14.6 Å². The number of ether oxygens (including phenoxy) is 1. The normalized spacial score (nSPS) is 13.4. The summed E-state index contributed by atoms with van der Waals surface area (Å²) < 4.78 is 66.3. The largest absolute Gasteiger partial charge is 0.494 e. The van der Waals surface area contributed by atoms with Gasteiger partial charge in [-0.2, -0.15) is 13.2 Å². The van der Waals surface area contributed by atoms with Gasteiger partial charge in [0.2, 0.25) is 0 Å². The summed E-state index contributed by atoms with van der Waals surface area (Å²) in [6, 6.07) is 21.0. The average molecular weight is 609 g/mol. The lowest BCUT2D eigenvalue weighted by molar-refractivity contribution is -0.192. The summed E-state index contributed by atoms with van der Waals surface area (Å²) in [6.07, 6.45) is -5.08. The molecular formula is C28H31F3N4O6S. The molecule has 0 radical (unpaired) electrons. The van der Waals surface area contributed by atoms with E-state index < -0.39 is 22.2 Å². The fourth-order valence-corrected chi connectivity index (χ4v) is 4.97. The van der Waals surface area contributed by atoms with Gasteiger partial charge in [0.05, 0.1) is 22.9 Å². The van der Waals surface area contributed by atoms with Gasteiger partial charge in [-0.3, -0.25) is 9.52 Å². The van der Waals surface area contributed by atoms with Crippen LogP contribution in [0.5, 0.6) is 5.75 Å². The SMILES string of the molecule is CCOc1ccc(S(=O)(=O)Nc2cc(C(=O)NCc3ccccc3)ccc2N2CCNCC2)cc1.O=C(O)C(F)(F)F. The third-order valence-electron chi connectivity index (χ3n) is 5.94. The standard InChI is InChI=1S/C26H30N4O4S.C2HF3O2/c1-2-34-22-9-11-23(12-10-22)35(32,33)29-24-18-21(8-13-25(24)30-16-14-27-15-17-30)26(31)28-19-20-6-4-3-5-7-20;3-2(4,5)1(6)7/h3-13,18,27,29H,2,14-17,19H2,1H3,(H,28,31);(H,6,7). The van der Waals surface area contributed by atoms with Crippen LogP contribution in [0.1, 0.15) is 22.8 Å². The number of carboxylic acids is 1. The van der Waals surface area contributed by atoms with Crippen molar-refractivity contribution in [3.8, 4) is 5.75 Å². The predicted octanol–water partition coefficient (Wildman–Crippen LogP) is 3.86. The quantitative estimate of drug-likeness (QED) is 0.288. The highest BCUT2D eigenvalue weighted by molar-refractivity contribution is 7.92. The van der Waals surface area contributed by atoms with E-state index in [0.29, 0.717) is 30.2 Å². The number of carbonyl (C=O) groups is 2. The van der Waals surface area contributed by atoms with Gasteiger partial charge in [0.25, 0.3) is 15.9 Å². The summed E-state index contributed by atoms with van der Waals surface area (Å²) in [4.78, 5) is 24.0. The summed E-state index contributed by atoms with van der Waals surface area (Å²) in [5, 5.41) is 13.3. The number of halogens is 3. The first-order valence-electron chi connectivity index (χ1n) is 12.9. The lowest BCUT2D eigenvalue weighted by atomic mass is 10.1. The van der Waals surface area contributed by atoms with Crippen molar-refractivity contribution in [3.63, 3.8) is 0 Å². The number of rotatable bonds is 9. The summed E-state index contributed by atoms with van der Waals surface area (Å²) in [7, 11) is -3.88. The third-order valence-corrected chi connectivity index (χ3v) is 7.33. The number of aliphatic carboxylic acids is 1. The van der Waals surface area contributed by atoms with Crippen molar-refractivity contribution >= 4 is 33.3 Å². The number of anilines is 2. The number of amides is 1. The fraction of sp³-hybridized carbons (Fsp3) is 0.286. The Hall–Kier alpha value is -4.30. The molecule has 0 aliphatic carbocycles. The minimum Gasteiger partial charge on any atom is -0.494 e. The van der Waals surface area contributed by atoms with Gasteiger partial charge in [-0.15, -0.1) is 0 Å². The van der Waals surface area contributed by atoms with Crippen LogP contribution in [-0.4, -0.2) is 64.4 Å². The molecule has 1 aliphatic rings. The van der Waals surface area contributed by atoms with Crippen LogP contribution in [0, 0.1) is 0 Å². The topological polar surface area (TPSA) is 137 Å². The van der Waals surface area contributed by atoms with E-state index in [1.54, 1.807) is 30.3 Å². The molecule has 10 nitrogen and oxygen atoms in total. The smallest absolute Gasteiger partial charge is 0.490 e. The summed E-state index contributed by atoms with van der Waals surface area (Å²) in [5.74, 6) is -2.43. The highest BCUT2D eigenvalue weighted by Crippen LogP contribution is 2.30. The van der Waals surface area contributed by atoms with Gasteiger partial charge in [0, 0.05) is 38.3 Å². The Morgan fingerprint density at radius 1 is 1.00 bits per heavy atom. The molecule has 42 heavy (non-hydrogen) atoms.